The van der Waals surface area contributed by atoms with E-state index in [-0.39, 0.29) is 5.91 Å². The fourth-order valence-electron chi connectivity index (χ4n) is 1.35. The molecule has 0 spiro atoms. The van der Waals surface area contributed by atoms with Gasteiger partial charge in [-0.3, -0.25) is 4.79 Å². The summed E-state index contributed by atoms with van der Waals surface area (Å²) in [4.78, 5) is 10.9. The third-order valence-electron chi connectivity index (χ3n) is 2.26. The number of nitrogens with zero attached hydrogens (tertiary/aromatic N) is 1. The Labute approximate surface area is 72.2 Å². The highest BCUT2D eigenvalue weighted by Crippen LogP contribution is 2.13. The quantitative estimate of drug-likeness (QED) is 0.700. The number of aromatic nitrogens is 1. The van der Waals surface area contributed by atoms with Crippen LogP contribution < -0.4 is 5.73 Å². The number of aryl methyl sites for hydroxylation is 1. The van der Waals surface area contributed by atoms with Gasteiger partial charge in [-0.2, -0.15) is 0 Å². The Morgan fingerprint density at radius 1 is 1.67 bits per heavy atom. The SMILES string of the molecule is CCc1cc(C(N)=O)c(C)n1C. The number of rotatable bonds is 2. The van der Waals surface area contributed by atoms with Crippen molar-refractivity contribution in [2.75, 3.05) is 0 Å². The number of nitrogens with two attached hydrogens (primary N) is 1. The third kappa shape index (κ3) is 1.22. The molecule has 0 aliphatic carbocycles. The monoisotopic (exact) mass is 166 g/mol. The van der Waals surface area contributed by atoms with Gasteiger partial charge in [-0.1, -0.05) is 6.92 Å². The fraction of sp³-hybridized carbons (Fsp3) is 0.444. The van der Waals surface area contributed by atoms with Crippen LogP contribution >= 0.6 is 0 Å². The molecule has 0 saturated carbocycles. The van der Waals surface area contributed by atoms with Gasteiger partial charge < -0.3 is 10.3 Å². The van der Waals surface area contributed by atoms with Gasteiger partial charge in [-0.05, 0) is 19.4 Å². The Morgan fingerprint density at radius 2 is 2.25 bits per heavy atom. The average molecular weight is 166 g/mol. The third-order valence-corrected chi connectivity index (χ3v) is 2.26. The average Bonchev–Trinajstić information content (AvgIpc) is 2.30. The van der Waals surface area contributed by atoms with Crippen molar-refractivity contribution in [2.45, 2.75) is 20.3 Å². The molecule has 0 radical (unpaired) electrons. The second-order valence-corrected chi connectivity index (χ2v) is 2.91. The molecule has 0 atom stereocenters. The van der Waals surface area contributed by atoms with Crippen LogP contribution in [0.5, 0.6) is 0 Å². The molecule has 0 aromatic carbocycles. The first-order valence-corrected chi connectivity index (χ1v) is 4.03. The molecule has 66 valence electrons. The van der Waals surface area contributed by atoms with Crippen molar-refractivity contribution < 1.29 is 4.79 Å². The Bertz CT molecular complexity index is 313. The first-order chi connectivity index (χ1) is 5.57. The number of amides is 1. The van der Waals surface area contributed by atoms with E-state index >= 15 is 0 Å². The molecule has 0 saturated heterocycles. The highest BCUT2D eigenvalue weighted by Gasteiger charge is 2.11. The number of hydrogen-bond donors (Lipinski definition) is 1. The predicted octanol–water partition coefficient (Wildman–Crippen LogP) is 0.995. The van der Waals surface area contributed by atoms with Gasteiger partial charge in [-0.25, -0.2) is 0 Å². The van der Waals surface area contributed by atoms with Crippen molar-refractivity contribution in [3.8, 4) is 0 Å². The zero-order valence-corrected chi connectivity index (χ0v) is 7.72. The lowest BCUT2D eigenvalue weighted by molar-refractivity contribution is 0.0999. The Morgan fingerprint density at radius 3 is 2.50 bits per heavy atom. The maximum absolute atomic E-state index is 10.9. The van der Waals surface area contributed by atoms with Gasteiger partial charge in [-0.15, -0.1) is 0 Å². The molecule has 1 heterocycles. The van der Waals surface area contributed by atoms with Gasteiger partial charge >= 0.3 is 0 Å². The van der Waals surface area contributed by atoms with E-state index in [0.29, 0.717) is 5.56 Å². The van der Waals surface area contributed by atoms with Gasteiger partial charge in [0.15, 0.2) is 0 Å². The van der Waals surface area contributed by atoms with E-state index in [0.717, 1.165) is 17.8 Å². The topological polar surface area (TPSA) is 48.0 Å². The minimum absolute atomic E-state index is 0.345. The molecule has 0 aliphatic rings. The normalized spacial score (nSPS) is 10.2. The number of carbonyl (C=O) groups is 1. The molecule has 0 fully saturated rings. The summed E-state index contributed by atoms with van der Waals surface area (Å²) in [6, 6.07) is 1.86. The molecule has 3 nitrogen and oxygen atoms in total. The van der Waals surface area contributed by atoms with Crippen molar-refractivity contribution >= 4 is 5.91 Å². The van der Waals surface area contributed by atoms with Gasteiger partial charge in [0.1, 0.15) is 0 Å². The maximum Gasteiger partial charge on any atom is 0.250 e. The van der Waals surface area contributed by atoms with Crippen LogP contribution in [0.25, 0.3) is 0 Å². The lowest BCUT2D eigenvalue weighted by Crippen LogP contribution is -2.11. The molecular formula is C9H14N2O. The maximum atomic E-state index is 10.9. The first-order valence-electron chi connectivity index (χ1n) is 4.03. The van der Waals surface area contributed by atoms with Crippen molar-refractivity contribution in [2.24, 2.45) is 12.8 Å². The lowest BCUT2D eigenvalue weighted by Gasteiger charge is -2.00. The minimum atomic E-state index is -0.345. The van der Waals surface area contributed by atoms with Crippen molar-refractivity contribution in [3.63, 3.8) is 0 Å². The number of carbonyl (C=O) groups excluding carboxylic acids is 1. The van der Waals surface area contributed by atoms with E-state index in [4.69, 9.17) is 5.73 Å². The van der Waals surface area contributed by atoms with Crippen LogP contribution in [0.15, 0.2) is 6.07 Å². The molecule has 3 heteroatoms. The van der Waals surface area contributed by atoms with E-state index in [1.807, 2.05) is 24.6 Å². The highest BCUT2D eigenvalue weighted by atomic mass is 16.1. The molecule has 1 rings (SSSR count). The standard InChI is InChI=1S/C9H14N2O/c1-4-7-5-8(9(10)12)6(2)11(7)3/h5H,4H2,1-3H3,(H2,10,12). The molecule has 1 amide bonds. The summed E-state index contributed by atoms with van der Waals surface area (Å²) in [6.45, 7) is 3.96. The van der Waals surface area contributed by atoms with Gasteiger partial charge in [0, 0.05) is 18.4 Å². The predicted molar refractivity (Wildman–Crippen MR) is 48.0 cm³/mol. The van der Waals surface area contributed by atoms with E-state index < -0.39 is 0 Å². The Kier molecular flexibility index (Phi) is 2.22. The molecule has 1 aromatic rings. The molecule has 1 aromatic heterocycles. The van der Waals surface area contributed by atoms with E-state index in [1.54, 1.807) is 0 Å². The zero-order valence-electron chi connectivity index (χ0n) is 7.72. The van der Waals surface area contributed by atoms with Crippen LogP contribution in [0.2, 0.25) is 0 Å². The largest absolute Gasteiger partial charge is 0.366 e. The van der Waals surface area contributed by atoms with E-state index in [9.17, 15) is 4.79 Å². The number of hydrogen-bond acceptors (Lipinski definition) is 1. The highest BCUT2D eigenvalue weighted by molar-refractivity contribution is 5.94. The molecule has 2 N–H and O–H groups in total. The molecule has 0 bridgehead atoms. The van der Waals surface area contributed by atoms with Crippen LogP contribution in [-0.2, 0) is 13.5 Å². The molecule has 0 aliphatic heterocycles. The van der Waals surface area contributed by atoms with Crippen LogP contribution in [0.1, 0.15) is 28.7 Å². The Balaban J connectivity index is 3.25. The summed E-state index contributed by atoms with van der Waals surface area (Å²) >= 11 is 0. The van der Waals surface area contributed by atoms with Crippen molar-refractivity contribution in [1.82, 2.24) is 4.57 Å². The summed E-state index contributed by atoms with van der Waals surface area (Å²) in [6.07, 6.45) is 0.921. The minimum Gasteiger partial charge on any atom is -0.366 e. The van der Waals surface area contributed by atoms with Crippen molar-refractivity contribution in [3.05, 3.63) is 23.0 Å². The summed E-state index contributed by atoms with van der Waals surface area (Å²) in [7, 11) is 1.95. The lowest BCUT2D eigenvalue weighted by atomic mass is 10.2. The fourth-order valence-corrected chi connectivity index (χ4v) is 1.35. The summed E-state index contributed by atoms with van der Waals surface area (Å²) < 4.78 is 2.00. The van der Waals surface area contributed by atoms with Crippen LogP contribution in [-0.4, -0.2) is 10.5 Å². The molecule has 0 unspecified atom stereocenters. The van der Waals surface area contributed by atoms with E-state index in [2.05, 4.69) is 6.92 Å². The van der Waals surface area contributed by atoms with Crippen LogP contribution in [0.4, 0.5) is 0 Å². The second kappa shape index (κ2) is 3.01. The summed E-state index contributed by atoms with van der Waals surface area (Å²) in [5.74, 6) is -0.345. The van der Waals surface area contributed by atoms with Gasteiger partial charge in [0.05, 0.1) is 5.56 Å². The second-order valence-electron chi connectivity index (χ2n) is 2.91. The molecular weight excluding hydrogens is 152 g/mol. The molecule has 12 heavy (non-hydrogen) atoms. The first kappa shape index (κ1) is 8.84. The van der Waals surface area contributed by atoms with Crippen LogP contribution in [0.3, 0.4) is 0 Å². The van der Waals surface area contributed by atoms with Crippen LogP contribution in [0, 0.1) is 6.92 Å². The van der Waals surface area contributed by atoms with Crippen molar-refractivity contribution in [1.29, 1.82) is 0 Å². The van der Waals surface area contributed by atoms with Gasteiger partial charge in [0.25, 0.3) is 5.91 Å². The zero-order chi connectivity index (χ0) is 9.30. The summed E-state index contributed by atoms with van der Waals surface area (Å²) in [5.41, 5.74) is 7.92. The Hall–Kier alpha value is -1.25. The van der Waals surface area contributed by atoms with Gasteiger partial charge in [0.2, 0.25) is 0 Å². The smallest absolute Gasteiger partial charge is 0.250 e. The number of primary amides is 1. The summed E-state index contributed by atoms with van der Waals surface area (Å²) in [5, 5.41) is 0. The van der Waals surface area contributed by atoms with E-state index in [1.165, 1.54) is 0 Å².